The van der Waals surface area contributed by atoms with Crippen LogP contribution in [0.3, 0.4) is 0 Å². The lowest BCUT2D eigenvalue weighted by molar-refractivity contribution is 0.159. The summed E-state index contributed by atoms with van der Waals surface area (Å²) in [4.78, 5) is 5.13. The van der Waals surface area contributed by atoms with Crippen LogP contribution in [-0.2, 0) is 4.84 Å². The maximum Gasteiger partial charge on any atom is 0.156 e. The second-order valence-electron chi connectivity index (χ2n) is 3.70. The fourth-order valence-electron chi connectivity index (χ4n) is 1.49. The number of furan rings is 1. The van der Waals surface area contributed by atoms with E-state index in [0.717, 1.165) is 11.3 Å². The van der Waals surface area contributed by atoms with Crippen LogP contribution >= 0.6 is 0 Å². The molecule has 1 aromatic heterocycles. The minimum absolute atomic E-state index is 0.538. The van der Waals surface area contributed by atoms with Gasteiger partial charge in [-0.05, 0) is 26.0 Å². The summed E-state index contributed by atoms with van der Waals surface area (Å²) in [5.41, 5.74) is 2.92. The third kappa shape index (κ3) is 2.75. The minimum Gasteiger partial charge on any atom is -0.463 e. The average Bonchev–Trinajstić information content (AvgIpc) is 2.85. The maximum atomic E-state index is 5.37. The molecule has 1 heterocycles. The SMILES string of the molecule is CCO/N=C(/c1ccc(C)cc1)c1ccco1. The molecule has 88 valence electrons. The Morgan fingerprint density at radius 1 is 1.24 bits per heavy atom. The molecule has 0 saturated heterocycles. The first-order valence-corrected chi connectivity index (χ1v) is 5.62. The lowest BCUT2D eigenvalue weighted by Gasteiger charge is -2.04. The summed E-state index contributed by atoms with van der Waals surface area (Å²) >= 11 is 0. The van der Waals surface area contributed by atoms with Crippen LogP contribution < -0.4 is 0 Å². The largest absolute Gasteiger partial charge is 0.463 e. The lowest BCUT2D eigenvalue weighted by Crippen LogP contribution is -2.03. The van der Waals surface area contributed by atoms with Gasteiger partial charge in [-0.15, -0.1) is 0 Å². The quantitative estimate of drug-likeness (QED) is 0.595. The van der Waals surface area contributed by atoms with Crippen molar-refractivity contribution in [1.82, 2.24) is 0 Å². The van der Waals surface area contributed by atoms with Gasteiger partial charge in [0.05, 0.1) is 6.26 Å². The normalized spacial score (nSPS) is 11.5. The molecule has 0 atom stereocenters. The third-order valence-electron chi connectivity index (χ3n) is 2.36. The van der Waals surface area contributed by atoms with Crippen molar-refractivity contribution in [1.29, 1.82) is 0 Å². The van der Waals surface area contributed by atoms with E-state index in [1.165, 1.54) is 5.56 Å². The second-order valence-corrected chi connectivity index (χ2v) is 3.70. The van der Waals surface area contributed by atoms with E-state index >= 15 is 0 Å². The standard InChI is InChI=1S/C14H15NO2/c1-3-17-15-14(13-5-4-10-16-13)12-8-6-11(2)7-9-12/h4-10H,3H2,1-2H3/b15-14-. The zero-order chi connectivity index (χ0) is 12.1. The lowest BCUT2D eigenvalue weighted by atomic mass is 10.1. The first-order valence-electron chi connectivity index (χ1n) is 5.62. The van der Waals surface area contributed by atoms with Crippen LogP contribution in [0.2, 0.25) is 0 Å². The van der Waals surface area contributed by atoms with Crippen LogP contribution in [0.5, 0.6) is 0 Å². The molecule has 0 unspecified atom stereocenters. The Hall–Kier alpha value is -2.03. The number of benzene rings is 1. The molecule has 0 amide bonds. The van der Waals surface area contributed by atoms with Crippen LogP contribution in [0.25, 0.3) is 0 Å². The van der Waals surface area contributed by atoms with Gasteiger partial charge in [0.25, 0.3) is 0 Å². The van der Waals surface area contributed by atoms with Gasteiger partial charge in [-0.3, -0.25) is 0 Å². The van der Waals surface area contributed by atoms with Crippen molar-refractivity contribution in [2.24, 2.45) is 5.16 Å². The predicted octanol–water partition coefficient (Wildman–Crippen LogP) is 3.38. The summed E-state index contributed by atoms with van der Waals surface area (Å²) < 4.78 is 5.37. The van der Waals surface area contributed by atoms with Gasteiger partial charge in [0.2, 0.25) is 0 Å². The van der Waals surface area contributed by atoms with Crippen LogP contribution in [0, 0.1) is 6.92 Å². The molecule has 17 heavy (non-hydrogen) atoms. The highest BCUT2D eigenvalue weighted by Gasteiger charge is 2.10. The van der Waals surface area contributed by atoms with Gasteiger partial charge in [-0.25, -0.2) is 0 Å². The van der Waals surface area contributed by atoms with E-state index in [0.29, 0.717) is 12.4 Å². The zero-order valence-electron chi connectivity index (χ0n) is 10.0. The molecule has 1 aromatic carbocycles. The fraction of sp³-hybridized carbons (Fsp3) is 0.214. The Bertz CT molecular complexity index is 483. The molecule has 0 fully saturated rings. The predicted molar refractivity (Wildman–Crippen MR) is 67.2 cm³/mol. The van der Waals surface area contributed by atoms with Crippen molar-refractivity contribution in [2.75, 3.05) is 6.61 Å². The van der Waals surface area contributed by atoms with E-state index in [-0.39, 0.29) is 0 Å². The topological polar surface area (TPSA) is 34.7 Å². The second kappa shape index (κ2) is 5.34. The smallest absolute Gasteiger partial charge is 0.156 e. The van der Waals surface area contributed by atoms with Crippen LogP contribution in [0.15, 0.2) is 52.2 Å². The molecular weight excluding hydrogens is 214 g/mol. The van der Waals surface area contributed by atoms with E-state index < -0.39 is 0 Å². The van der Waals surface area contributed by atoms with Crippen molar-refractivity contribution in [3.05, 3.63) is 59.5 Å². The van der Waals surface area contributed by atoms with E-state index in [9.17, 15) is 0 Å². The van der Waals surface area contributed by atoms with Gasteiger partial charge >= 0.3 is 0 Å². The summed E-state index contributed by atoms with van der Waals surface area (Å²) in [6.45, 7) is 4.49. The monoisotopic (exact) mass is 229 g/mol. The summed E-state index contributed by atoms with van der Waals surface area (Å²) in [6, 6.07) is 11.8. The molecule has 0 spiro atoms. The van der Waals surface area contributed by atoms with Crippen LogP contribution in [0.4, 0.5) is 0 Å². The molecule has 0 aliphatic rings. The number of nitrogens with zero attached hydrogens (tertiary/aromatic N) is 1. The molecule has 0 saturated carbocycles. The van der Waals surface area contributed by atoms with Gasteiger partial charge in [0, 0.05) is 5.56 Å². The first-order chi connectivity index (χ1) is 8.31. The highest BCUT2D eigenvalue weighted by molar-refractivity contribution is 6.10. The van der Waals surface area contributed by atoms with Crippen molar-refractivity contribution < 1.29 is 9.25 Å². The fourth-order valence-corrected chi connectivity index (χ4v) is 1.49. The molecule has 0 aliphatic heterocycles. The maximum absolute atomic E-state index is 5.37. The first kappa shape index (κ1) is 11.5. The van der Waals surface area contributed by atoms with E-state index in [1.54, 1.807) is 6.26 Å². The van der Waals surface area contributed by atoms with E-state index in [4.69, 9.17) is 9.25 Å². The van der Waals surface area contributed by atoms with E-state index in [1.807, 2.05) is 43.3 Å². The molecular formula is C14H15NO2. The molecule has 0 bridgehead atoms. The van der Waals surface area contributed by atoms with E-state index in [2.05, 4.69) is 12.1 Å². The number of oxime groups is 1. The van der Waals surface area contributed by atoms with Crippen LogP contribution in [0.1, 0.15) is 23.8 Å². The summed E-state index contributed by atoms with van der Waals surface area (Å²) in [7, 11) is 0. The number of hydrogen-bond donors (Lipinski definition) is 0. The van der Waals surface area contributed by atoms with Crippen molar-refractivity contribution in [2.45, 2.75) is 13.8 Å². The van der Waals surface area contributed by atoms with Gasteiger partial charge < -0.3 is 9.25 Å². The molecule has 3 heteroatoms. The van der Waals surface area contributed by atoms with Gasteiger partial charge in [-0.2, -0.15) is 0 Å². The Labute approximate surface area is 101 Å². The molecule has 2 rings (SSSR count). The summed E-state index contributed by atoms with van der Waals surface area (Å²) in [6.07, 6.45) is 1.63. The van der Waals surface area contributed by atoms with Crippen molar-refractivity contribution >= 4 is 5.71 Å². The van der Waals surface area contributed by atoms with Gasteiger partial charge in [-0.1, -0.05) is 35.0 Å². The number of rotatable bonds is 4. The molecule has 2 aromatic rings. The highest BCUT2D eigenvalue weighted by atomic mass is 16.6. The number of aryl methyl sites for hydroxylation is 1. The van der Waals surface area contributed by atoms with Gasteiger partial charge in [0.1, 0.15) is 6.61 Å². The summed E-state index contributed by atoms with van der Waals surface area (Å²) in [5, 5.41) is 4.11. The molecule has 3 nitrogen and oxygen atoms in total. The summed E-state index contributed by atoms with van der Waals surface area (Å²) in [5.74, 6) is 0.710. The highest BCUT2D eigenvalue weighted by Crippen LogP contribution is 2.13. The minimum atomic E-state index is 0.538. The molecule has 0 radical (unpaired) electrons. The van der Waals surface area contributed by atoms with Crippen LogP contribution in [-0.4, -0.2) is 12.3 Å². The Balaban J connectivity index is 2.37. The third-order valence-corrected chi connectivity index (χ3v) is 2.36. The van der Waals surface area contributed by atoms with Crippen molar-refractivity contribution in [3.8, 4) is 0 Å². The Morgan fingerprint density at radius 2 is 2.00 bits per heavy atom. The molecule has 0 N–H and O–H groups in total. The number of hydrogen-bond acceptors (Lipinski definition) is 3. The Morgan fingerprint density at radius 3 is 2.59 bits per heavy atom. The van der Waals surface area contributed by atoms with Gasteiger partial charge in [0.15, 0.2) is 11.5 Å². The van der Waals surface area contributed by atoms with Crippen molar-refractivity contribution in [3.63, 3.8) is 0 Å². The Kier molecular flexibility index (Phi) is 3.60. The zero-order valence-corrected chi connectivity index (χ0v) is 10.0. The average molecular weight is 229 g/mol. The molecule has 0 aliphatic carbocycles.